The minimum atomic E-state index is -0.422. The van der Waals surface area contributed by atoms with Gasteiger partial charge >= 0.3 is 5.97 Å². The van der Waals surface area contributed by atoms with E-state index in [9.17, 15) is 5.11 Å². The average Bonchev–Trinajstić information content (AvgIpc) is 3.39. The van der Waals surface area contributed by atoms with E-state index in [4.69, 9.17) is 4.74 Å². The molecule has 0 amide bonds. The molecule has 0 aromatic heterocycles. The van der Waals surface area contributed by atoms with Crippen LogP contribution in [0.5, 0.6) is 5.75 Å². The highest BCUT2D eigenvalue weighted by Crippen LogP contribution is 2.68. The Morgan fingerprint density at radius 1 is 0.650 bits per heavy atom. The molecular weight excluding hydrogens is 973 g/mol. The third-order valence-electron chi connectivity index (χ3n) is 22.5. The first-order chi connectivity index (χ1) is 39.4. The molecule has 0 spiro atoms. The van der Waals surface area contributed by atoms with E-state index in [1.54, 1.807) is 44.6 Å². The fourth-order valence-corrected chi connectivity index (χ4v) is 19.0. The van der Waals surface area contributed by atoms with Crippen molar-refractivity contribution in [2.24, 2.45) is 59.2 Å². The Hall–Kier alpha value is -6.45. The molecule has 0 heterocycles. The van der Waals surface area contributed by atoms with Crippen molar-refractivity contribution in [3.8, 4) is 5.75 Å². The quantitative estimate of drug-likeness (QED) is 0.148. The Morgan fingerprint density at radius 3 is 2.27 bits per heavy atom. The molecule has 80 heavy (non-hydrogen) atoms. The van der Waals surface area contributed by atoms with E-state index in [0.717, 1.165) is 94.6 Å². The Morgan fingerprint density at radius 2 is 1.46 bits per heavy atom. The monoisotopic (exact) mass is 1050 g/mol. The van der Waals surface area contributed by atoms with Crippen LogP contribution in [0.25, 0.3) is 0 Å². The van der Waals surface area contributed by atoms with Crippen molar-refractivity contribution in [3.05, 3.63) is 254 Å². The Kier molecular flexibility index (Phi) is 14.1. The van der Waals surface area contributed by atoms with Gasteiger partial charge in [-0.05, 0) is 242 Å². The Bertz CT molecular complexity index is 3360. The Labute approximate surface area is 477 Å². The van der Waals surface area contributed by atoms with Crippen molar-refractivity contribution in [2.45, 2.75) is 140 Å². The lowest BCUT2D eigenvalue weighted by Gasteiger charge is -2.50. The molecule has 13 atom stereocenters. The number of carbonyl (C=O) groups is 1. The summed E-state index contributed by atoms with van der Waals surface area (Å²) >= 11 is 0. The van der Waals surface area contributed by atoms with Crippen LogP contribution in [0.15, 0.2) is 226 Å². The van der Waals surface area contributed by atoms with E-state index in [1.165, 1.54) is 41.5 Å². The van der Waals surface area contributed by atoms with E-state index in [-0.39, 0.29) is 59.4 Å². The van der Waals surface area contributed by atoms with Crippen LogP contribution in [0, 0.1) is 59.2 Å². The van der Waals surface area contributed by atoms with Crippen LogP contribution >= 0.6 is 0 Å². The van der Waals surface area contributed by atoms with Gasteiger partial charge in [-0.3, -0.25) is 4.79 Å². The van der Waals surface area contributed by atoms with Crippen LogP contribution in [0.4, 0.5) is 0 Å². The maximum absolute atomic E-state index is 15.9. The predicted molar refractivity (Wildman–Crippen MR) is 325 cm³/mol. The number of phenols is 1. The van der Waals surface area contributed by atoms with E-state index < -0.39 is 5.92 Å². The molecule has 14 rings (SSSR count). The minimum Gasteiger partial charge on any atom is -0.508 e. The Balaban J connectivity index is 0.998. The molecule has 0 saturated carbocycles. The first-order valence-corrected chi connectivity index (χ1v) is 31.4. The van der Waals surface area contributed by atoms with Gasteiger partial charge in [0.25, 0.3) is 0 Å². The van der Waals surface area contributed by atoms with Crippen molar-refractivity contribution in [1.82, 2.24) is 0 Å². The van der Waals surface area contributed by atoms with E-state index in [0.29, 0.717) is 29.4 Å². The lowest BCUT2D eigenvalue weighted by Crippen LogP contribution is -2.45. The first kappa shape index (κ1) is 51.7. The molecule has 4 aromatic carbocycles. The number of benzene rings is 4. The van der Waals surface area contributed by atoms with Crippen LogP contribution < -0.4 is 0 Å². The number of phenolic OH excluding ortho intramolecular Hbond substituents is 1. The zero-order valence-corrected chi connectivity index (χ0v) is 47.5. The molecule has 0 fully saturated rings. The summed E-state index contributed by atoms with van der Waals surface area (Å²) in [5, 5.41) is 11.8. The number of esters is 1. The number of rotatable bonds is 7. The van der Waals surface area contributed by atoms with Crippen LogP contribution in [0.3, 0.4) is 0 Å². The smallest absolute Gasteiger partial charge is 0.314 e. The van der Waals surface area contributed by atoms with Gasteiger partial charge in [-0.25, -0.2) is 0 Å². The topological polar surface area (TPSA) is 46.5 Å². The maximum atomic E-state index is 15.9. The molecule has 13 unspecified atom stereocenters. The van der Waals surface area contributed by atoms with Gasteiger partial charge in [-0.2, -0.15) is 0 Å². The number of para-hydroxylation sites is 1. The zero-order chi connectivity index (χ0) is 53.9. The van der Waals surface area contributed by atoms with Crippen LogP contribution in [0.1, 0.15) is 156 Å². The van der Waals surface area contributed by atoms with Gasteiger partial charge in [-0.15, -0.1) is 0 Å². The SMILES string of the molecule is CC1=C2CCCC1C1C=C(CCC1c1ccccc1O)C1CCC=C(C3=CC(C4C=CC=C(C5=C(C6=CC=CCC6)CCC2C5)C4C)C2c4ccccc4C(c4ccccc4)(C4CC=CCC4)C2C3)C1C(=O)OCc1ccccc1. The molecule has 12 bridgehead atoms. The highest BCUT2D eigenvalue weighted by atomic mass is 16.5. The summed E-state index contributed by atoms with van der Waals surface area (Å²) in [6.45, 7) is 5.38. The zero-order valence-electron chi connectivity index (χ0n) is 47.5. The van der Waals surface area contributed by atoms with E-state index in [2.05, 4.69) is 172 Å². The summed E-state index contributed by atoms with van der Waals surface area (Å²) in [6, 6.07) is 40.1. The highest BCUT2D eigenvalue weighted by molar-refractivity contribution is 5.79. The summed E-state index contributed by atoms with van der Waals surface area (Å²) in [5.41, 5.74) is 20.2. The lowest BCUT2D eigenvalue weighted by molar-refractivity contribution is -0.150. The van der Waals surface area contributed by atoms with Crippen LogP contribution in [0.2, 0.25) is 0 Å². The number of hydrogen-bond acceptors (Lipinski definition) is 3. The van der Waals surface area contributed by atoms with Crippen LogP contribution in [-0.2, 0) is 21.6 Å². The van der Waals surface area contributed by atoms with Gasteiger partial charge in [0, 0.05) is 5.41 Å². The highest BCUT2D eigenvalue weighted by Gasteiger charge is 2.60. The van der Waals surface area contributed by atoms with Gasteiger partial charge in [-0.1, -0.05) is 194 Å². The molecule has 408 valence electrons. The number of aromatic hydroxyl groups is 1. The minimum absolute atomic E-state index is 0.0222. The molecule has 0 aliphatic heterocycles. The summed E-state index contributed by atoms with van der Waals surface area (Å²) in [5.74, 6) is 2.98. The summed E-state index contributed by atoms with van der Waals surface area (Å²) in [4.78, 5) is 15.9. The number of allylic oxidation sites excluding steroid dienone is 19. The standard InChI is InChI=1S/C77H82O3/c1-49-58-32-19-33-59(49)69-45-54(41-43-65(69)66-30-16-18-39-73(66)78)63-36-21-37-64(75(63)76(79)80-48-51-22-7-3-8-23-51)55-46-70(61-35-20-34-60(50(61)2)68-44-53(58)40-42-62(68)52-24-9-4-10-25-52)74-67-31-15-17-38-71(67)77(72(74)47-55,56-26-11-5-12-27-56)57-28-13-6-14-29-57/h3-9,11-13,15-18,20,22-24,26-27,30-31,34-35,37-39,45-46,50,53,57,59,61,63,65,69-70,72,74-75,78H,10,14,19,21,25,28-29,32-33,36,40-44,47-48H2,1-2H3. The largest absolute Gasteiger partial charge is 0.508 e. The van der Waals surface area contributed by atoms with Crippen molar-refractivity contribution in [2.75, 3.05) is 0 Å². The molecule has 3 nitrogen and oxygen atoms in total. The third-order valence-corrected chi connectivity index (χ3v) is 22.5. The van der Waals surface area contributed by atoms with Crippen LogP contribution in [-0.4, -0.2) is 11.1 Å². The summed E-state index contributed by atoms with van der Waals surface area (Å²) < 4.78 is 6.72. The molecule has 10 aliphatic rings. The van der Waals surface area contributed by atoms with Gasteiger partial charge in [0.15, 0.2) is 0 Å². The van der Waals surface area contributed by atoms with Crippen molar-refractivity contribution >= 4 is 5.97 Å². The maximum Gasteiger partial charge on any atom is 0.314 e. The number of fused-ring (bicyclic) bond motifs is 19. The molecule has 4 aromatic rings. The summed E-state index contributed by atoms with van der Waals surface area (Å²) in [6.07, 6.45) is 44.9. The second-order valence-electron chi connectivity index (χ2n) is 26.0. The normalized spacial score (nSPS) is 33.4. The number of carbonyl (C=O) groups excluding carboxylic acids is 1. The average molecular weight is 1060 g/mol. The molecule has 10 aliphatic carbocycles. The fourth-order valence-electron chi connectivity index (χ4n) is 19.0. The molecule has 0 saturated heterocycles. The molecule has 3 heteroatoms. The van der Waals surface area contributed by atoms with Gasteiger partial charge < -0.3 is 9.84 Å². The van der Waals surface area contributed by atoms with Crippen molar-refractivity contribution < 1.29 is 14.6 Å². The summed E-state index contributed by atoms with van der Waals surface area (Å²) in [7, 11) is 0. The fraction of sp³-hybridized carbons (Fsp3) is 0.416. The van der Waals surface area contributed by atoms with Gasteiger partial charge in [0.2, 0.25) is 0 Å². The number of hydrogen-bond donors (Lipinski definition) is 1. The van der Waals surface area contributed by atoms with Crippen molar-refractivity contribution in [1.29, 1.82) is 0 Å². The lowest BCUT2D eigenvalue weighted by atomic mass is 9.52. The first-order valence-electron chi connectivity index (χ1n) is 31.4. The van der Waals surface area contributed by atoms with E-state index >= 15 is 4.79 Å². The molecule has 1 N–H and O–H groups in total. The van der Waals surface area contributed by atoms with E-state index in [1.807, 2.05) is 18.2 Å². The predicted octanol–water partition coefficient (Wildman–Crippen LogP) is 18.8. The van der Waals surface area contributed by atoms with Gasteiger partial charge in [0.05, 0.1) is 5.92 Å². The second kappa shape index (κ2) is 21.8. The van der Waals surface area contributed by atoms with Gasteiger partial charge in [0.1, 0.15) is 12.4 Å². The second-order valence-corrected chi connectivity index (χ2v) is 26.0. The molecule has 0 radical (unpaired) electrons. The third kappa shape index (κ3) is 8.85. The molecular formula is C77H82O3. The number of ether oxygens (including phenoxy) is 1. The van der Waals surface area contributed by atoms with Crippen molar-refractivity contribution in [3.63, 3.8) is 0 Å².